The Bertz CT molecular complexity index is 672. The van der Waals surface area contributed by atoms with Gasteiger partial charge in [-0.15, -0.1) is 0 Å². The van der Waals surface area contributed by atoms with Gasteiger partial charge in [-0.25, -0.2) is 4.79 Å². The number of benzene rings is 1. The Hall–Kier alpha value is -2.28. The summed E-state index contributed by atoms with van der Waals surface area (Å²) in [5, 5.41) is 21.3. The molecule has 2 atom stereocenters. The van der Waals surface area contributed by atoms with E-state index in [0.717, 1.165) is 0 Å². The van der Waals surface area contributed by atoms with Gasteiger partial charge in [0, 0.05) is 11.4 Å². The molecule has 8 heteroatoms. The van der Waals surface area contributed by atoms with Gasteiger partial charge in [-0.3, -0.25) is 9.59 Å². The Morgan fingerprint density at radius 3 is 2.73 bits per heavy atom. The number of carbonyl (C=O) groups is 3. The molecular weight excluding hydrogens is 314 g/mol. The molecule has 22 heavy (non-hydrogen) atoms. The Kier molecular flexibility index (Phi) is 4.27. The van der Waals surface area contributed by atoms with Crippen molar-refractivity contribution >= 4 is 29.4 Å². The maximum atomic E-state index is 12.0. The molecule has 1 amide bonds. The van der Waals surface area contributed by atoms with Gasteiger partial charge in [0.1, 0.15) is 23.5 Å². The topological polar surface area (TPSA) is 113 Å². The lowest BCUT2D eigenvalue weighted by atomic mass is 9.95. The van der Waals surface area contributed by atoms with Crippen molar-refractivity contribution in [3.05, 3.63) is 27.8 Å². The van der Waals surface area contributed by atoms with Crippen molar-refractivity contribution in [1.82, 2.24) is 5.32 Å². The van der Waals surface area contributed by atoms with Crippen molar-refractivity contribution < 1.29 is 29.3 Å². The Morgan fingerprint density at radius 2 is 2.14 bits per heavy atom. The molecule has 1 aromatic carbocycles. The second-order valence-electron chi connectivity index (χ2n) is 5.06. The molecule has 7 nitrogen and oxygen atoms in total. The van der Waals surface area contributed by atoms with Crippen LogP contribution in [0.25, 0.3) is 0 Å². The molecular formula is C14H14ClNO6. The lowest BCUT2D eigenvalue weighted by molar-refractivity contribution is -0.138. The van der Waals surface area contributed by atoms with E-state index in [4.69, 9.17) is 21.4 Å². The van der Waals surface area contributed by atoms with Gasteiger partial charge in [-0.05, 0) is 25.5 Å². The first-order chi connectivity index (χ1) is 10.2. The van der Waals surface area contributed by atoms with Crippen LogP contribution in [0.2, 0.25) is 5.02 Å². The van der Waals surface area contributed by atoms with Crippen LogP contribution < -0.4 is 5.32 Å². The van der Waals surface area contributed by atoms with E-state index in [9.17, 15) is 19.5 Å². The smallest absolute Gasteiger partial charge is 0.342 e. The van der Waals surface area contributed by atoms with Crippen LogP contribution in [0.5, 0.6) is 5.75 Å². The lowest BCUT2D eigenvalue weighted by Crippen LogP contribution is -2.38. The number of hydrogen-bond acceptors (Lipinski definition) is 5. The van der Waals surface area contributed by atoms with E-state index in [0.29, 0.717) is 12.0 Å². The minimum Gasteiger partial charge on any atom is -0.506 e. The zero-order valence-corrected chi connectivity index (χ0v) is 12.6. The molecule has 0 aliphatic carbocycles. The summed E-state index contributed by atoms with van der Waals surface area (Å²) >= 11 is 6.08. The standard InChI is InChI=1S/C14H14ClNO6/c1-5-3-7-9(15)4-8(11(17)10(7)14(21)22-5)12(18)16-6(2)13(19)20/h4-6,17H,3H2,1-2H3,(H,16,18)(H,19,20)/t5-,6+/m1/s1. The average Bonchev–Trinajstić information content (AvgIpc) is 2.41. The summed E-state index contributed by atoms with van der Waals surface area (Å²) in [6, 6.07) is 0.0546. The summed E-state index contributed by atoms with van der Waals surface area (Å²) in [5.41, 5.74) is -0.0205. The summed E-state index contributed by atoms with van der Waals surface area (Å²) in [6.07, 6.45) is -0.0652. The van der Waals surface area contributed by atoms with Crippen LogP contribution in [0.4, 0.5) is 0 Å². The van der Waals surface area contributed by atoms with Gasteiger partial charge in [-0.1, -0.05) is 11.6 Å². The average molecular weight is 328 g/mol. The van der Waals surface area contributed by atoms with E-state index in [1.807, 2.05) is 0 Å². The highest BCUT2D eigenvalue weighted by molar-refractivity contribution is 6.32. The van der Waals surface area contributed by atoms with Gasteiger partial charge in [-0.2, -0.15) is 0 Å². The molecule has 1 aliphatic rings. The lowest BCUT2D eigenvalue weighted by Gasteiger charge is -2.24. The van der Waals surface area contributed by atoms with Crippen molar-refractivity contribution in [2.24, 2.45) is 0 Å². The molecule has 0 bridgehead atoms. The number of carboxylic acid groups (broad SMARTS) is 1. The van der Waals surface area contributed by atoms with Gasteiger partial charge in [0.2, 0.25) is 0 Å². The van der Waals surface area contributed by atoms with Crippen molar-refractivity contribution in [1.29, 1.82) is 0 Å². The number of cyclic esters (lactones) is 1. The molecule has 1 aromatic rings. The highest BCUT2D eigenvalue weighted by Gasteiger charge is 2.32. The second-order valence-corrected chi connectivity index (χ2v) is 5.47. The number of ether oxygens (including phenoxy) is 1. The number of fused-ring (bicyclic) bond motifs is 1. The molecule has 0 aromatic heterocycles. The summed E-state index contributed by atoms with van der Waals surface area (Å²) < 4.78 is 5.02. The molecule has 0 saturated carbocycles. The van der Waals surface area contributed by atoms with E-state index in [-0.39, 0.29) is 22.3 Å². The summed E-state index contributed by atoms with van der Waals surface area (Å²) in [6.45, 7) is 2.95. The Balaban J connectivity index is 2.45. The van der Waals surface area contributed by atoms with Gasteiger partial charge in [0.25, 0.3) is 5.91 Å². The first-order valence-electron chi connectivity index (χ1n) is 6.51. The number of phenolic OH excluding ortho intramolecular Hbond substituents is 1. The summed E-state index contributed by atoms with van der Waals surface area (Å²) in [4.78, 5) is 34.7. The molecule has 0 radical (unpaired) electrons. The molecule has 0 unspecified atom stereocenters. The van der Waals surface area contributed by atoms with Gasteiger partial charge >= 0.3 is 11.9 Å². The van der Waals surface area contributed by atoms with E-state index in [2.05, 4.69) is 5.32 Å². The normalized spacial score (nSPS) is 18.1. The largest absolute Gasteiger partial charge is 0.506 e. The highest BCUT2D eigenvalue weighted by atomic mass is 35.5. The third kappa shape index (κ3) is 2.85. The zero-order chi connectivity index (χ0) is 16.6. The maximum Gasteiger partial charge on any atom is 0.342 e. The number of aliphatic carboxylic acids is 1. The van der Waals surface area contributed by atoms with Crippen LogP contribution in [-0.2, 0) is 16.0 Å². The molecule has 0 spiro atoms. The number of hydrogen-bond donors (Lipinski definition) is 3. The van der Waals surface area contributed by atoms with Crippen molar-refractivity contribution in [3.8, 4) is 5.75 Å². The number of aromatic hydroxyl groups is 1. The fourth-order valence-corrected chi connectivity index (χ4v) is 2.46. The maximum absolute atomic E-state index is 12.0. The number of carbonyl (C=O) groups excluding carboxylic acids is 2. The van der Waals surface area contributed by atoms with Gasteiger partial charge in [0.05, 0.1) is 5.56 Å². The van der Waals surface area contributed by atoms with Crippen LogP contribution in [0, 0.1) is 0 Å². The third-order valence-corrected chi connectivity index (χ3v) is 3.66. The quantitative estimate of drug-likeness (QED) is 0.722. The molecule has 3 N–H and O–H groups in total. The number of esters is 1. The van der Waals surface area contributed by atoms with Gasteiger partial charge in [0.15, 0.2) is 0 Å². The minimum atomic E-state index is -1.23. The predicted molar refractivity (Wildman–Crippen MR) is 76.3 cm³/mol. The molecule has 1 aliphatic heterocycles. The van der Waals surface area contributed by atoms with Crippen LogP contribution in [0.15, 0.2) is 6.07 Å². The van der Waals surface area contributed by atoms with Crippen molar-refractivity contribution in [3.63, 3.8) is 0 Å². The fourth-order valence-electron chi connectivity index (χ4n) is 2.18. The van der Waals surface area contributed by atoms with Crippen LogP contribution in [0.1, 0.15) is 40.1 Å². The number of carboxylic acids is 1. The summed E-state index contributed by atoms with van der Waals surface area (Å²) in [7, 11) is 0. The first kappa shape index (κ1) is 16.1. The zero-order valence-electron chi connectivity index (χ0n) is 11.8. The van der Waals surface area contributed by atoms with E-state index in [1.165, 1.54) is 13.0 Å². The minimum absolute atomic E-state index is 0.143. The van der Waals surface area contributed by atoms with Crippen LogP contribution in [0.3, 0.4) is 0 Å². The molecule has 0 saturated heterocycles. The number of halogens is 1. The van der Waals surface area contributed by atoms with E-state index in [1.54, 1.807) is 6.92 Å². The van der Waals surface area contributed by atoms with E-state index >= 15 is 0 Å². The number of rotatable bonds is 3. The summed E-state index contributed by atoms with van der Waals surface area (Å²) in [5.74, 6) is -3.41. The predicted octanol–water partition coefficient (Wildman–Crippen LogP) is 1.35. The first-order valence-corrected chi connectivity index (χ1v) is 6.89. The van der Waals surface area contributed by atoms with E-state index < -0.39 is 29.6 Å². The fraction of sp³-hybridized carbons (Fsp3) is 0.357. The number of nitrogens with one attached hydrogen (secondary N) is 1. The second kappa shape index (κ2) is 5.84. The SMILES string of the molecule is C[C@@H]1Cc2c(Cl)cc(C(=O)N[C@@H](C)C(=O)O)c(O)c2C(=O)O1. The van der Waals surface area contributed by atoms with Crippen molar-refractivity contribution in [2.45, 2.75) is 32.4 Å². The third-order valence-electron chi connectivity index (χ3n) is 3.32. The monoisotopic (exact) mass is 327 g/mol. The number of phenols is 1. The Morgan fingerprint density at radius 1 is 1.50 bits per heavy atom. The number of amides is 1. The molecule has 2 rings (SSSR count). The van der Waals surface area contributed by atoms with Gasteiger partial charge < -0.3 is 20.3 Å². The van der Waals surface area contributed by atoms with Crippen LogP contribution in [-0.4, -0.2) is 40.2 Å². The van der Waals surface area contributed by atoms with Crippen molar-refractivity contribution in [2.75, 3.05) is 0 Å². The highest BCUT2D eigenvalue weighted by Crippen LogP contribution is 2.36. The van der Waals surface area contributed by atoms with Crippen LogP contribution >= 0.6 is 11.6 Å². The molecule has 118 valence electrons. The molecule has 0 fully saturated rings. The Labute approximate surface area is 130 Å². The molecule has 1 heterocycles.